The fourth-order valence-corrected chi connectivity index (χ4v) is 3.92. The molecular formula is C30H35N3O4. The van der Waals surface area contributed by atoms with E-state index in [1.165, 1.54) is 4.90 Å². The molecule has 7 heteroatoms. The summed E-state index contributed by atoms with van der Waals surface area (Å²) in [7, 11) is 0. The molecule has 0 bridgehead atoms. The van der Waals surface area contributed by atoms with E-state index >= 15 is 0 Å². The first kappa shape index (κ1) is 27.5. The van der Waals surface area contributed by atoms with Crippen molar-refractivity contribution in [3.05, 3.63) is 96.1 Å². The molecule has 7 nitrogen and oxygen atoms in total. The lowest BCUT2D eigenvalue weighted by Gasteiger charge is -2.27. The summed E-state index contributed by atoms with van der Waals surface area (Å²) in [6, 6.07) is 25.9. The molecule has 3 aromatic rings. The largest absolute Gasteiger partial charge is 0.461 e. The number of urea groups is 1. The van der Waals surface area contributed by atoms with Crippen LogP contribution in [-0.2, 0) is 27.4 Å². The third kappa shape index (κ3) is 9.11. The van der Waals surface area contributed by atoms with Gasteiger partial charge in [0.05, 0.1) is 6.42 Å². The van der Waals surface area contributed by atoms with Crippen molar-refractivity contribution in [2.75, 3.05) is 13.1 Å². The monoisotopic (exact) mass is 501 g/mol. The van der Waals surface area contributed by atoms with Crippen molar-refractivity contribution in [1.82, 2.24) is 10.2 Å². The molecule has 0 aromatic heterocycles. The molecule has 3 aromatic carbocycles. The van der Waals surface area contributed by atoms with Crippen molar-refractivity contribution >= 4 is 17.9 Å². The molecule has 194 valence electrons. The van der Waals surface area contributed by atoms with E-state index in [1.807, 2.05) is 98.8 Å². The SMILES string of the molecule is CC(C)CN(CCC(=O)OCc1ccccc1)C(=O)N[C@@H](Cc1ccc(-c2ccccc2)cc1)C(N)=O. The number of amides is 3. The summed E-state index contributed by atoms with van der Waals surface area (Å²) in [5, 5.41) is 2.76. The highest BCUT2D eigenvalue weighted by atomic mass is 16.5. The number of nitrogens with zero attached hydrogens (tertiary/aromatic N) is 1. The lowest BCUT2D eigenvalue weighted by molar-refractivity contribution is -0.145. The van der Waals surface area contributed by atoms with Crippen LogP contribution in [0.4, 0.5) is 4.79 Å². The molecular weight excluding hydrogens is 466 g/mol. The van der Waals surface area contributed by atoms with Crippen molar-refractivity contribution in [3.8, 4) is 11.1 Å². The Morgan fingerprint density at radius 2 is 1.43 bits per heavy atom. The number of ether oxygens (including phenoxy) is 1. The van der Waals surface area contributed by atoms with Crippen molar-refractivity contribution in [2.45, 2.75) is 39.3 Å². The minimum Gasteiger partial charge on any atom is -0.461 e. The molecule has 3 N–H and O–H groups in total. The second kappa shape index (κ2) is 13.8. The average molecular weight is 502 g/mol. The Labute approximate surface area is 218 Å². The van der Waals surface area contributed by atoms with E-state index in [-0.39, 0.29) is 31.9 Å². The van der Waals surface area contributed by atoms with Crippen molar-refractivity contribution < 1.29 is 19.1 Å². The van der Waals surface area contributed by atoms with Gasteiger partial charge in [-0.3, -0.25) is 9.59 Å². The van der Waals surface area contributed by atoms with Gasteiger partial charge in [0, 0.05) is 19.5 Å². The van der Waals surface area contributed by atoms with Crippen LogP contribution in [0.15, 0.2) is 84.9 Å². The number of nitrogens with one attached hydrogen (secondary N) is 1. The van der Waals surface area contributed by atoms with Gasteiger partial charge in [-0.05, 0) is 28.2 Å². The van der Waals surface area contributed by atoms with Crippen LogP contribution < -0.4 is 11.1 Å². The van der Waals surface area contributed by atoms with Crippen LogP contribution >= 0.6 is 0 Å². The summed E-state index contributed by atoms with van der Waals surface area (Å²) in [6.45, 7) is 4.74. The van der Waals surface area contributed by atoms with Gasteiger partial charge in [0.2, 0.25) is 5.91 Å². The third-order valence-electron chi connectivity index (χ3n) is 5.84. The van der Waals surface area contributed by atoms with Gasteiger partial charge in [-0.15, -0.1) is 0 Å². The van der Waals surface area contributed by atoms with E-state index < -0.39 is 23.9 Å². The fraction of sp³-hybridized carbons (Fsp3) is 0.300. The van der Waals surface area contributed by atoms with E-state index in [4.69, 9.17) is 10.5 Å². The highest BCUT2D eigenvalue weighted by Crippen LogP contribution is 2.20. The molecule has 0 fully saturated rings. The van der Waals surface area contributed by atoms with Crippen LogP contribution in [0.5, 0.6) is 0 Å². The van der Waals surface area contributed by atoms with Gasteiger partial charge in [-0.1, -0.05) is 98.8 Å². The van der Waals surface area contributed by atoms with E-state index in [9.17, 15) is 14.4 Å². The van der Waals surface area contributed by atoms with Crippen LogP contribution in [0.25, 0.3) is 11.1 Å². The minimum absolute atomic E-state index is 0.0508. The van der Waals surface area contributed by atoms with Crippen LogP contribution in [-0.4, -0.2) is 41.9 Å². The van der Waals surface area contributed by atoms with Gasteiger partial charge in [0.1, 0.15) is 12.6 Å². The highest BCUT2D eigenvalue weighted by molar-refractivity contribution is 5.86. The summed E-state index contributed by atoms with van der Waals surface area (Å²) in [5.41, 5.74) is 9.56. The highest BCUT2D eigenvalue weighted by Gasteiger charge is 2.23. The zero-order valence-corrected chi connectivity index (χ0v) is 21.4. The Bertz CT molecular complexity index is 1150. The molecule has 0 aliphatic heterocycles. The maximum atomic E-state index is 13.1. The number of esters is 1. The summed E-state index contributed by atoms with van der Waals surface area (Å²) >= 11 is 0. The number of hydrogen-bond donors (Lipinski definition) is 2. The van der Waals surface area contributed by atoms with Crippen molar-refractivity contribution in [1.29, 1.82) is 0 Å². The number of hydrogen-bond acceptors (Lipinski definition) is 4. The number of benzene rings is 3. The Morgan fingerprint density at radius 1 is 0.838 bits per heavy atom. The number of carbonyl (C=O) groups excluding carboxylic acids is 3. The predicted molar refractivity (Wildman–Crippen MR) is 144 cm³/mol. The molecule has 37 heavy (non-hydrogen) atoms. The molecule has 1 atom stereocenters. The molecule has 0 aliphatic rings. The molecule has 0 unspecified atom stereocenters. The molecule has 0 radical (unpaired) electrons. The second-order valence-corrected chi connectivity index (χ2v) is 9.41. The Balaban J connectivity index is 1.57. The zero-order valence-electron chi connectivity index (χ0n) is 21.4. The summed E-state index contributed by atoms with van der Waals surface area (Å²) in [4.78, 5) is 39.0. The van der Waals surface area contributed by atoms with E-state index in [2.05, 4.69) is 5.32 Å². The van der Waals surface area contributed by atoms with E-state index in [1.54, 1.807) is 0 Å². The zero-order chi connectivity index (χ0) is 26.6. The molecule has 0 heterocycles. The molecule has 0 saturated carbocycles. The second-order valence-electron chi connectivity index (χ2n) is 9.41. The van der Waals surface area contributed by atoms with Gasteiger partial charge < -0.3 is 20.7 Å². The van der Waals surface area contributed by atoms with E-state index in [0.717, 1.165) is 22.3 Å². The third-order valence-corrected chi connectivity index (χ3v) is 5.84. The van der Waals surface area contributed by atoms with Crippen LogP contribution in [0, 0.1) is 5.92 Å². The molecule has 0 spiro atoms. The van der Waals surface area contributed by atoms with Crippen LogP contribution in [0.3, 0.4) is 0 Å². The molecule has 0 saturated heterocycles. The molecule has 0 aliphatic carbocycles. The smallest absolute Gasteiger partial charge is 0.318 e. The molecule has 3 rings (SSSR count). The number of rotatable bonds is 12. The first-order valence-corrected chi connectivity index (χ1v) is 12.5. The van der Waals surface area contributed by atoms with Gasteiger partial charge in [0.15, 0.2) is 0 Å². The van der Waals surface area contributed by atoms with E-state index in [0.29, 0.717) is 6.54 Å². The standard InChI is InChI=1S/C30H35N3O4/c1-22(2)20-33(18-17-28(34)37-21-24-9-5-3-6-10-24)30(36)32-27(29(31)35)19-23-13-15-26(16-14-23)25-11-7-4-8-12-25/h3-16,22,27H,17-21H2,1-2H3,(H2,31,35)(H,32,36)/t27-/m0/s1. The number of nitrogens with two attached hydrogens (primary N) is 1. The molecule has 3 amide bonds. The summed E-state index contributed by atoms with van der Waals surface area (Å²) < 4.78 is 5.33. The van der Waals surface area contributed by atoms with Gasteiger partial charge in [-0.2, -0.15) is 0 Å². The lowest BCUT2D eigenvalue weighted by Crippen LogP contribution is -2.52. The Hall–Kier alpha value is -4.13. The summed E-state index contributed by atoms with van der Waals surface area (Å²) in [5.74, 6) is -0.841. The van der Waals surface area contributed by atoms with Gasteiger partial charge in [-0.25, -0.2) is 4.79 Å². The van der Waals surface area contributed by atoms with Crippen LogP contribution in [0.2, 0.25) is 0 Å². The lowest BCUT2D eigenvalue weighted by atomic mass is 10.0. The Morgan fingerprint density at radius 3 is 2.03 bits per heavy atom. The maximum Gasteiger partial charge on any atom is 0.318 e. The van der Waals surface area contributed by atoms with Crippen LogP contribution in [0.1, 0.15) is 31.4 Å². The normalized spacial score (nSPS) is 11.5. The topological polar surface area (TPSA) is 102 Å². The number of primary amides is 1. The first-order valence-electron chi connectivity index (χ1n) is 12.5. The number of carbonyl (C=O) groups is 3. The van der Waals surface area contributed by atoms with Crippen molar-refractivity contribution in [2.24, 2.45) is 11.7 Å². The van der Waals surface area contributed by atoms with Crippen molar-refractivity contribution in [3.63, 3.8) is 0 Å². The average Bonchev–Trinajstić information content (AvgIpc) is 2.90. The quantitative estimate of drug-likeness (QED) is 0.356. The Kier molecular flexibility index (Phi) is 10.3. The van der Waals surface area contributed by atoms with Gasteiger partial charge >= 0.3 is 12.0 Å². The first-order chi connectivity index (χ1) is 17.8. The predicted octanol–water partition coefficient (Wildman–Crippen LogP) is 4.55. The fourth-order valence-electron chi connectivity index (χ4n) is 3.92. The van der Waals surface area contributed by atoms with Gasteiger partial charge in [0.25, 0.3) is 0 Å². The minimum atomic E-state index is -0.880. The summed E-state index contributed by atoms with van der Waals surface area (Å²) in [6.07, 6.45) is 0.319. The maximum absolute atomic E-state index is 13.1.